The number of amides is 1. The van der Waals surface area contributed by atoms with Crippen LogP contribution in [0.3, 0.4) is 0 Å². The van der Waals surface area contributed by atoms with Crippen molar-refractivity contribution in [1.82, 2.24) is 15.3 Å². The van der Waals surface area contributed by atoms with Gasteiger partial charge in [0, 0.05) is 12.4 Å². The van der Waals surface area contributed by atoms with E-state index >= 15 is 0 Å². The normalized spacial score (nSPS) is 12.0. The Morgan fingerprint density at radius 3 is 2.81 bits per heavy atom. The van der Waals surface area contributed by atoms with E-state index in [-0.39, 0.29) is 0 Å². The highest BCUT2D eigenvalue weighted by Crippen LogP contribution is 2.14. The third kappa shape index (κ3) is 3.69. The van der Waals surface area contributed by atoms with Crippen LogP contribution < -0.4 is 5.32 Å². The van der Waals surface area contributed by atoms with Gasteiger partial charge in [0.15, 0.2) is 0 Å². The molecule has 0 fully saturated rings. The molecule has 2 aromatic rings. The van der Waals surface area contributed by atoms with E-state index in [1.165, 1.54) is 18.0 Å². The molecule has 0 saturated heterocycles. The molecule has 7 heteroatoms. The zero-order chi connectivity index (χ0) is 15.2. The van der Waals surface area contributed by atoms with E-state index in [0.29, 0.717) is 28.8 Å². The number of aromatic nitrogens is 2. The van der Waals surface area contributed by atoms with Crippen molar-refractivity contribution in [1.29, 1.82) is 0 Å². The number of carbonyl (C=O) groups is 2. The van der Waals surface area contributed by atoms with Crippen molar-refractivity contribution in [3.63, 3.8) is 0 Å². The number of carboxylic acid groups (broad SMARTS) is 1. The minimum atomic E-state index is -1.04. The van der Waals surface area contributed by atoms with E-state index < -0.39 is 17.9 Å². The molecule has 0 bridgehead atoms. The Bertz CT molecular complexity index is 657. The molecule has 2 rings (SSSR count). The second kappa shape index (κ2) is 7.03. The van der Waals surface area contributed by atoms with Crippen LogP contribution in [0.15, 0.2) is 30.6 Å². The van der Waals surface area contributed by atoms with Gasteiger partial charge in [-0.15, -0.1) is 0 Å². The van der Waals surface area contributed by atoms with Gasteiger partial charge in [0.1, 0.15) is 11.6 Å². The minimum Gasteiger partial charge on any atom is -0.480 e. The van der Waals surface area contributed by atoms with Gasteiger partial charge in [-0.2, -0.15) is 11.8 Å². The van der Waals surface area contributed by atoms with Gasteiger partial charge in [-0.3, -0.25) is 14.8 Å². The van der Waals surface area contributed by atoms with Crippen molar-refractivity contribution < 1.29 is 14.7 Å². The number of benzene rings is 1. The molecule has 0 spiro atoms. The van der Waals surface area contributed by atoms with Crippen LogP contribution in [-0.2, 0) is 4.79 Å². The summed E-state index contributed by atoms with van der Waals surface area (Å²) in [7, 11) is 0. The minimum absolute atomic E-state index is 0.330. The number of hydrogen-bond donors (Lipinski definition) is 2. The van der Waals surface area contributed by atoms with Gasteiger partial charge in [0.25, 0.3) is 5.91 Å². The maximum absolute atomic E-state index is 12.3. The predicted octanol–water partition coefficient (Wildman–Crippen LogP) is 1.57. The molecular weight excluding hydrogens is 290 g/mol. The summed E-state index contributed by atoms with van der Waals surface area (Å²) in [5, 5.41) is 11.7. The van der Waals surface area contributed by atoms with E-state index in [1.807, 2.05) is 6.26 Å². The zero-order valence-corrected chi connectivity index (χ0v) is 12.3. The topological polar surface area (TPSA) is 92.2 Å². The summed E-state index contributed by atoms with van der Waals surface area (Å²) in [5.74, 6) is -0.828. The molecule has 110 valence electrons. The molecule has 1 aromatic heterocycles. The van der Waals surface area contributed by atoms with Crippen LogP contribution in [0.25, 0.3) is 11.0 Å². The zero-order valence-electron chi connectivity index (χ0n) is 11.4. The van der Waals surface area contributed by atoms with Crippen LogP contribution in [0.1, 0.15) is 16.8 Å². The molecule has 1 amide bonds. The molecule has 0 aliphatic heterocycles. The third-order valence-corrected chi connectivity index (χ3v) is 3.60. The van der Waals surface area contributed by atoms with Crippen LogP contribution in [0.2, 0.25) is 0 Å². The number of carboxylic acids is 1. The number of aliphatic carboxylic acids is 1. The smallest absolute Gasteiger partial charge is 0.326 e. The average Bonchev–Trinajstić information content (AvgIpc) is 2.50. The monoisotopic (exact) mass is 305 g/mol. The van der Waals surface area contributed by atoms with Gasteiger partial charge < -0.3 is 10.4 Å². The SMILES string of the molecule is CSCC[C@H](NC(=O)c1cccc2nccnc12)C(=O)O. The molecule has 6 nitrogen and oxygen atoms in total. The maximum Gasteiger partial charge on any atom is 0.326 e. The molecule has 0 aliphatic carbocycles. The molecule has 0 unspecified atom stereocenters. The van der Waals surface area contributed by atoms with Crippen LogP contribution in [0.4, 0.5) is 0 Å². The Morgan fingerprint density at radius 1 is 1.33 bits per heavy atom. The van der Waals surface area contributed by atoms with E-state index in [0.717, 1.165) is 0 Å². The summed E-state index contributed by atoms with van der Waals surface area (Å²) >= 11 is 1.54. The highest BCUT2D eigenvalue weighted by molar-refractivity contribution is 7.98. The van der Waals surface area contributed by atoms with Crippen LogP contribution >= 0.6 is 11.8 Å². The van der Waals surface area contributed by atoms with Crippen LogP contribution in [0.5, 0.6) is 0 Å². The van der Waals surface area contributed by atoms with Gasteiger partial charge in [0.05, 0.1) is 11.1 Å². The van der Waals surface area contributed by atoms with Gasteiger partial charge in [-0.1, -0.05) is 6.07 Å². The highest BCUT2D eigenvalue weighted by atomic mass is 32.2. The standard InChI is InChI=1S/C14H15N3O3S/c1-21-8-5-11(14(19)20)17-13(18)9-3-2-4-10-12(9)16-7-6-15-10/h2-4,6-7,11H,5,8H2,1H3,(H,17,18)(H,19,20)/t11-/m0/s1. The van der Waals surface area contributed by atoms with Crippen molar-refractivity contribution in [3.05, 3.63) is 36.2 Å². The lowest BCUT2D eigenvalue weighted by atomic mass is 10.1. The first kappa shape index (κ1) is 15.2. The second-order valence-corrected chi connectivity index (χ2v) is 5.36. The van der Waals surface area contributed by atoms with E-state index in [2.05, 4.69) is 15.3 Å². The molecular formula is C14H15N3O3S. The summed E-state index contributed by atoms with van der Waals surface area (Å²) in [4.78, 5) is 31.7. The first-order chi connectivity index (χ1) is 10.1. The Balaban J connectivity index is 2.23. The third-order valence-electron chi connectivity index (χ3n) is 2.96. The largest absolute Gasteiger partial charge is 0.480 e. The molecule has 21 heavy (non-hydrogen) atoms. The van der Waals surface area contributed by atoms with Gasteiger partial charge in [-0.25, -0.2) is 4.79 Å². The van der Waals surface area contributed by atoms with Gasteiger partial charge >= 0.3 is 5.97 Å². The number of thioether (sulfide) groups is 1. The fourth-order valence-corrected chi connectivity index (χ4v) is 2.38. The number of nitrogens with zero attached hydrogens (tertiary/aromatic N) is 2. The molecule has 0 aliphatic rings. The quantitative estimate of drug-likeness (QED) is 0.841. The number of carbonyl (C=O) groups excluding carboxylic acids is 1. The lowest BCUT2D eigenvalue weighted by molar-refractivity contribution is -0.139. The van der Waals surface area contributed by atoms with Crippen molar-refractivity contribution in [2.45, 2.75) is 12.5 Å². The predicted molar refractivity (Wildman–Crippen MR) is 81.4 cm³/mol. The summed E-state index contributed by atoms with van der Waals surface area (Å²) in [6.45, 7) is 0. The van der Waals surface area contributed by atoms with E-state index in [1.54, 1.807) is 24.4 Å². The Labute approximate surface area is 126 Å². The molecule has 0 radical (unpaired) electrons. The number of fused-ring (bicyclic) bond motifs is 1. The summed E-state index contributed by atoms with van der Waals surface area (Å²) in [5.41, 5.74) is 1.39. The van der Waals surface area contributed by atoms with Crippen molar-refractivity contribution in [2.75, 3.05) is 12.0 Å². The van der Waals surface area contributed by atoms with Crippen molar-refractivity contribution in [2.24, 2.45) is 0 Å². The Morgan fingerprint density at radius 2 is 2.10 bits per heavy atom. The Kier molecular flexibility index (Phi) is 5.10. The van der Waals surface area contributed by atoms with Crippen LogP contribution in [-0.4, -0.2) is 45.0 Å². The average molecular weight is 305 g/mol. The van der Waals surface area contributed by atoms with Crippen LogP contribution in [0, 0.1) is 0 Å². The maximum atomic E-state index is 12.3. The number of rotatable bonds is 6. The fraction of sp³-hybridized carbons (Fsp3) is 0.286. The lowest BCUT2D eigenvalue weighted by Gasteiger charge is -2.14. The molecule has 1 aromatic carbocycles. The molecule has 1 heterocycles. The molecule has 1 atom stereocenters. The fourth-order valence-electron chi connectivity index (χ4n) is 1.90. The number of para-hydroxylation sites is 1. The van der Waals surface area contributed by atoms with E-state index in [4.69, 9.17) is 5.11 Å². The van der Waals surface area contributed by atoms with Gasteiger partial charge in [-0.05, 0) is 30.6 Å². The highest BCUT2D eigenvalue weighted by Gasteiger charge is 2.21. The second-order valence-electron chi connectivity index (χ2n) is 4.38. The Hall–Kier alpha value is -2.15. The first-order valence-corrected chi connectivity index (χ1v) is 7.75. The first-order valence-electron chi connectivity index (χ1n) is 6.36. The number of nitrogens with one attached hydrogen (secondary N) is 1. The molecule has 2 N–H and O–H groups in total. The summed E-state index contributed by atoms with van der Waals surface area (Å²) in [6, 6.07) is 4.15. The van der Waals surface area contributed by atoms with E-state index in [9.17, 15) is 9.59 Å². The van der Waals surface area contributed by atoms with Gasteiger partial charge in [0.2, 0.25) is 0 Å². The lowest BCUT2D eigenvalue weighted by Crippen LogP contribution is -2.41. The van der Waals surface area contributed by atoms with Crippen molar-refractivity contribution in [3.8, 4) is 0 Å². The summed E-state index contributed by atoms with van der Waals surface area (Å²) in [6.07, 6.45) is 5.31. The van der Waals surface area contributed by atoms with Crippen molar-refractivity contribution >= 4 is 34.7 Å². The summed E-state index contributed by atoms with van der Waals surface area (Å²) < 4.78 is 0. The number of hydrogen-bond acceptors (Lipinski definition) is 5. The molecule has 0 saturated carbocycles.